The number of aryl methyl sites for hydroxylation is 2. The molecule has 0 aliphatic heterocycles. The summed E-state index contributed by atoms with van der Waals surface area (Å²) in [7, 11) is -9.06. The Labute approximate surface area is 314 Å². The molecule has 0 atom stereocenters. The fraction of sp³-hybridized carbons (Fsp3) is 0.262. The van der Waals surface area contributed by atoms with Crippen LogP contribution in [0.15, 0.2) is 124 Å². The summed E-state index contributed by atoms with van der Waals surface area (Å²) in [6, 6.07) is 25.2. The van der Waals surface area contributed by atoms with E-state index in [9.17, 15) is 25.9 Å². The van der Waals surface area contributed by atoms with E-state index in [0.717, 1.165) is 73.7 Å². The van der Waals surface area contributed by atoms with Gasteiger partial charge in [0.05, 0.1) is 9.79 Å². The van der Waals surface area contributed by atoms with Gasteiger partial charge in [0.25, 0.3) is 0 Å². The van der Waals surface area contributed by atoms with Crippen LogP contribution in [0.3, 0.4) is 0 Å². The number of hydrogen-bond donors (Lipinski definition) is 1. The van der Waals surface area contributed by atoms with Gasteiger partial charge in [0.1, 0.15) is 26.8 Å². The lowest BCUT2D eigenvalue weighted by Gasteiger charge is -2.26. The number of nitrogens with one attached hydrogen (secondary N) is 1. The van der Waals surface area contributed by atoms with Crippen LogP contribution in [0, 0.1) is 13.8 Å². The average molecular weight is 753 g/mol. The van der Waals surface area contributed by atoms with Crippen molar-refractivity contribution >= 4 is 42.9 Å². The SMILES string of the molecule is CCNc1ccc(/C(=C2/C=CC(=[N+](CC)Cc3cccc(S(=O)(=O)[O-])c3)C=C2C)c2ccc(N(CC)Cc3ccc(S(=O)(=O)[O-])cc3)cc2C)cc1C. The summed E-state index contributed by atoms with van der Waals surface area (Å²) in [4.78, 5) is 1.73. The maximum absolute atomic E-state index is 11.7. The normalized spacial score (nSPS) is 15.2. The Balaban J connectivity index is 1.56. The van der Waals surface area contributed by atoms with Crippen LogP contribution >= 0.6 is 0 Å². The predicted octanol–water partition coefficient (Wildman–Crippen LogP) is 7.56. The zero-order valence-electron chi connectivity index (χ0n) is 31.0. The van der Waals surface area contributed by atoms with Gasteiger partial charge in [0, 0.05) is 48.7 Å². The number of benzene rings is 4. The van der Waals surface area contributed by atoms with E-state index in [4.69, 9.17) is 0 Å². The summed E-state index contributed by atoms with van der Waals surface area (Å²) in [5.74, 6) is 0. The second-order valence-electron chi connectivity index (χ2n) is 13.2. The van der Waals surface area contributed by atoms with Crippen molar-refractivity contribution in [2.75, 3.05) is 29.9 Å². The third-order valence-electron chi connectivity index (χ3n) is 9.48. The van der Waals surface area contributed by atoms with Crippen molar-refractivity contribution in [1.82, 2.24) is 0 Å². The molecule has 0 spiro atoms. The summed E-state index contributed by atoms with van der Waals surface area (Å²) in [6.07, 6.45) is 6.39. The molecule has 1 N–H and O–H groups in total. The summed E-state index contributed by atoms with van der Waals surface area (Å²) >= 11 is 0. The van der Waals surface area contributed by atoms with Crippen molar-refractivity contribution in [2.24, 2.45) is 0 Å². The molecule has 0 bridgehead atoms. The van der Waals surface area contributed by atoms with E-state index >= 15 is 0 Å². The number of anilines is 2. The van der Waals surface area contributed by atoms with Crippen LogP contribution in [0.5, 0.6) is 0 Å². The van der Waals surface area contributed by atoms with Crippen molar-refractivity contribution in [3.63, 3.8) is 0 Å². The van der Waals surface area contributed by atoms with Gasteiger partial charge in [-0.05, 0) is 141 Å². The lowest BCUT2D eigenvalue weighted by atomic mass is 9.85. The molecule has 0 saturated heterocycles. The minimum absolute atomic E-state index is 0.234. The average Bonchev–Trinajstić information content (AvgIpc) is 3.11. The van der Waals surface area contributed by atoms with Crippen molar-refractivity contribution in [3.05, 3.63) is 148 Å². The van der Waals surface area contributed by atoms with Crippen LogP contribution in [0.25, 0.3) is 5.57 Å². The molecule has 1 aliphatic carbocycles. The third-order valence-corrected chi connectivity index (χ3v) is 11.2. The summed E-state index contributed by atoms with van der Waals surface area (Å²) < 4.78 is 71.4. The van der Waals surface area contributed by atoms with Crippen LogP contribution in [0.4, 0.5) is 11.4 Å². The molecular formula is C42H46N3O6S2-. The van der Waals surface area contributed by atoms with Crippen LogP contribution in [0.2, 0.25) is 0 Å². The highest BCUT2D eigenvalue weighted by atomic mass is 32.2. The van der Waals surface area contributed by atoms with E-state index in [1.54, 1.807) is 18.2 Å². The zero-order valence-corrected chi connectivity index (χ0v) is 32.6. The first-order valence-electron chi connectivity index (χ1n) is 17.7. The Kier molecular flexibility index (Phi) is 12.2. The fourth-order valence-electron chi connectivity index (χ4n) is 6.69. The van der Waals surface area contributed by atoms with Gasteiger partial charge in [-0.2, -0.15) is 0 Å². The van der Waals surface area contributed by atoms with E-state index < -0.39 is 20.2 Å². The molecule has 5 rings (SSSR count). The quantitative estimate of drug-likeness (QED) is 0.109. The summed E-state index contributed by atoms with van der Waals surface area (Å²) in [6.45, 7) is 15.7. The van der Waals surface area contributed by atoms with E-state index in [1.165, 1.54) is 24.3 Å². The lowest BCUT2D eigenvalue weighted by Crippen LogP contribution is -2.22. The molecule has 11 heteroatoms. The van der Waals surface area contributed by atoms with E-state index in [0.29, 0.717) is 26.2 Å². The number of nitrogens with zero attached hydrogens (tertiary/aromatic N) is 2. The number of rotatable bonds is 13. The Hall–Kier alpha value is -4.81. The summed E-state index contributed by atoms with van der Waals surface area (Å²) in [5, 5.41) is 3.44. The fourth-order valence-corrected chi connectivity index (χ4v) is 7.70. The molecule has 9 nitrogen and oxygen atoms in total. The van der Waals surface area contributed by atoms with Crippen LogP contribution in [-0.2, 0) is 33.3 Å². The minimum Gasteiger partial charge on any atom is -0.744 e. The molecule has 4 aromatic rings. The van der Waals surface area contributed by atoms with Gasteiger partial charge in [0.2, 0.25) is 0 Å². The van der Waals surface area contributed by atoms with Gasteiger partial charge in [-0.15, -0.1) is 0 Å². The smallest absolute Gasteiger partial charge is 0.200 e. The topological polar surface area (TPSA) is 133 Å². The maximum Gasteiger partial charge on any atom is 0.200 e. The molecule has 53 heavy (non-hydrogen) atoms. The first-order valence-corrected chi connectivity index (χ1v) is 20.5. The second kappa shape index (κ2) is 16.5. The zero-order chi connectivity index (χ0) is 38.5. The Bertz CT molecular complexity index is 2360. The molecule has 278 valence electrons. The van der Waals surface area contributed by atoms with Crippen molar-refractivity contribution < 1.29 is 30.5 Å². The van der Waals surface area contributed by atoms with Gasteiger partial charge in [-0.3, -0.25) is 0 Å². The van der Waals surface area contributed by atoms with E-state index in [1.807, 2.05) is 13.0 Å². The van der Waals surface area contributed by atoms with Gasteiger partial charge in [-0.1, -0.05) is 36.4 Å². The van der Waals surface area contributed by atoms with Crippen molar-refractivity contribution in [2.45, 2.75) is 64.4 Å². The first-order chi connectivity index (χ1) is 25.1. The maximum atomic E-state index is 11.7. The first kappa shape index (κ1) is 39.4. The highest BCUT2D eigenvalue weighted by Crippen LogP contribution is 2.37. The highest BCUT2D eigenvalue weighted by molar-refractivity contribution is 7.86. The monoisotopic (exact) mass is 752 g/mol. The van der Waals surface area contributed by atoms with Gasteiger partial charge in [-0.25, -0.2) is 21.4 Å². The molecule has 0 radical (unpaired) electrons. The molecular weight excluding hydrogens is 707 g/mol. The molecule has 0 saturated carbocycles. The van der Waals surface area contributed by atoms with Crippen LogP contribution in [-0.4, -0.2) is 55.9 Å². The Morgan fingerprint density at radius 2 is 1.47 bits per heavy atom. The van der Waals surface area contributed by atoms with Gasteiger partial charge in [0.15, 0.2) is 12.3 Å². The number of hydrogen-bond acceptors (Lipinski definition) is 8. The van der Waals surface area contributed by atoms with Crippen LogP contribution in [0.1, 0.15) is 61.1 Å². The minimum atomic E-state index is -4.56. The molecule has 0 unspecified atom stereocenters. The molecule has 0 heterocycles. The van der Waals surface area contributed by atoms with Gasteiger partial charge < -0.3 is 19.3 Å². The van der Waals surface area contributed by atoms with Crippen molar-refractivity contribution in [3.8, 4) is 0 Å². The third kappa shape index (κ3) is 9.41. The van der Waals surface area contributed by atoms with E-state index in [-0.39, 0.29) is 9.79 Å². The molecule has 0 fully saturated rings. The van der Waals surface area contributed by atoms with Crippen LogP contribution < -0.4 is 10.2 Å². The Morgan fingerprint density at radius 1 is 0.755 bits per heavy atom. The number of allylic oxidation sites excluding steroid dienone is 5. The molecule has 4 aromatic carbocycles. The molecule has 0 aromatic heterocycles. The van der Waals surface area contributed by atoms with Crippen molar-refractivity contribution in [1.29, 1.82) is 0 Å². The second-order valence-corrected chi connectivity index (χ2v) is 15.9. The Morgan fingerprint density at radius 3 is 2.06 bits per heavy atom. The predicted molar refractivity (Wildman–Crippen MR) is 210 cm³/mol. The standard InChI is InChI=1S/C42H47N3O6S2/c1-7-43-41-22-15-34(23-31(41)6)42(39-20-16-35(24-29(39)4)44(8-2)27-32-13-18-37(19-14-32)52(46,47)48)40-21-17-36(25-30(40)5)45(9-3)28-33-11-10-12-38(26-33)53(49,50)51/h10-26H,7-9,27-28H2,1-6H3,(H2,46,47,48,49,50,51)/p-1. The van der Waals surface area contributed by atoms with E-state index in [2.05, 4.69) is 104 Å². The molecule has 1 aliphatic rings. The summed E-state index contributed by atoms with van der Waals surface area (Å²) in [5.41, 5.74) is 12.4. The lowest BCUT2D eigenvalue weighted by molar-refractivity contribution is -0.539. The van der Waals surface area contributed by atoms with Gasteiger partial charge >= 0.3 is 0 Å². The highest BCUT2D eigenvalue weighted by Gasteiger charge is 2.21. The largest absolute Gasteiger partial charge is 0.744 e. The molecule has 0 amide bonds.